The van der Waals surface area contributed by atoms with E-state index in [0.29, 0.717) is 11.3 Å². The van der Waals surface area contributed by atoms with E-state index in [0.717, 1.165) is 29.8 Å². The number of fused-ring (bicyclic) bond motifs is 5. The molecule has 0 saturated heterocycles. The molecule has 2 nitrogen and oxygen atoms in total. The zero-order chi connectivity index (χ0) is 18.5. The number of hydrogen-bond acceptors (Lipinski definition) is 2. The number of methoxy groups -OCH3 is 2. The average Bonchev–Trinajstić information content (AvgIpc) is 2.65. The van der Waals surface area contributed by atoms with E-state index in [1.807, 2.05) is 7.11 Å². The quantitative estimate of drug-likeness (QED) is 0.627. The molecular weight excluding hydrogens is 320 g/mol. The number of ether oxygens (including phenoxy) is 2. The van der Waals surface area contributed by atoms with Crippen LogP contribution in [0, 0.1) is 23.2 Å². The van der Waals surface area contributed by atoms with Crippen molar-refractivity contribution in [2.75, 3.05) is 14.2 Å². The van der Waals surface area contributed by atoms with Crippen LogP contribution in [0.3, 0.4) is 0 Å². The standard InChI is InChI=1S/C24H34O2/c1-6-16-8-7-12-23(2)19(16)11-13-24(3)21(23)10-9-17-14-18(25-4)15-20(26-5)22(17)24/h6,14-16,19,21H,1,7-13H2,2-5H3/t16-,19+,21-,23+,24-/m1/s1. The second-order valence-corrected chi connectivity index (χ2v) is 9.32. The normalized spacial score (nSPS) is 38.5. The second kappa shape index (κ2) is 6.32. The highest BCUT2D eigenvalue weighted by molar-refractivity contribution is 5.53. The summed E-state index contributed by atoms with van der Waals surface area (Å²) in [6, 6.07) is 4.34. The molecule has 142 valence electrons. The smallest absolute Gasteiger partial charge is 0.126 e. The predicted molar refractivity (Wildman–Crippen MR) is 107 cm³/mol. The molecule has 0 heterocycles. The van der Waals surface area contributed by atoms with E-state index in [1.54, 1.807) is 7.11 Å². The van der Waals surface area contributed by atoms with Gasteiger partial charge in [-0.2, -0.15) is 0 Å². The fourth-order valence-electron chi connectivity index (χ4n) is 7.23. The van der Waals surface area contributed by atoms with Gasteiger partial charge in [0.2, 0.25) is 0 Å². The molecule has 3 aliphatic carbocycles. The van der Waals surface area contributed by atoms with Gasteiger partial charge in [0.25, 0.3) is 0 Å². The van der Waals surface area contributed by atoms with Gasteiger partial charge in [0, 0.05) is 11.6 Å². The van der Waals surface area contributed by atoms with Crippen LogP contribution in [0.2, 0.25) is 0 Å². The van der Waals surface area contributed by atoms with Crippen LogP contribution in [-0.2, 0) is 11.8 Å². The summed E-state index contributed by atoms with van der Waals surface area (Å²) >= 11 is 0. The summed E-state index contributed by atoms with van der Waals surface area (Å²) in [7, 11) is 3.56. The minimum Gasteiger partial charge on any atom is -0.497 e. The molecule has 0 bridgehead atoms. The van der Waals surface area contributed by atoms with E-state index < -0.39 is 0 Å². The Balaban J connectivity index is 1.82. The van der Waals surface area contributed by atoms with Gasteiger partial charge in [-0.3, -0.25) is 0 Å². The molecule has 0 aliphatic heterocycles. The first-order valence-electron chi connectivity index (χ1n) is 10.4. The number of rotatable bonds is 3. The molecule has 0 radical (unpaired) electrons. The van der Waals surface area contributed by atoms with Crippen LogP contribution in [0.4, 0.5) is 0 Å². The topological polar surface area (TPSA) is 18.5 Å². The van der Waals surface area contributed by atoms with Gasteiger partial charge in [0.15, 0.2) is 0 Å². The van der Waals surface area contributed by atoms with Crippen LogP contribution in [-0.4, -0.2) is 14.2 Å². The molecule has 1 aromatic carbocycles. The van der Waals surface area contributed by atoms with E-state index in [2.05, 4.69) is 38.6 Å². The third-order valence-electron chi connectivity index (χ3n) is 8.35. The molecule has 0 amide bonds. The minimum absolute atomic E-state index is 0.208. The van der Waals surface area contributed by atoms with Crippen LogP contribution < -0.4 is 9.47 Å². The first-order chi connectivity index (χ1) is 12.5. The maximum absolute atomic E-state index is 5.88. The van der Waals surface area contributed by atoms with Gasteiger partial charge in [-0.1, -0.05) is 26.3 Å². The number of hydrogen-bond donors (Lipinski definition) is 0. The van der Waals surface area contributed by atoms with Crippen molar-refractivity contribution in [3.8, 4) is 11.5 Å². The molecular formula is C24H34O2. The summed E-state index contributed by atoms with van der Waals surface area (Å²) < 4.78 is 11.4. The maximum Gasteiger partial charge on any atom is 0.126 e. The highest BCUT2D eigenvalue weighted by Crippen LogP contribution is 2.65. The van der Waals surface area contributed by atoms with Crippen LogP contribution in [0.25, 0.3) is 0 Å². The van der Waals surface area contributed by atoms with Gasteiger partial charge >= 0.3 is 0 Å². The predicted octanol–water partition coefficient (Wildman–Crippen LogP) is 5.93. The van der Waals surface area contributed by atoms with Crippen molar-refractivity contribution in [2.45, 2.75) is 64.2 Å². The number of benzene rings is 1. The summed E-state index contributed by atoms with van der Waals surface area (Å²) in [4.78, 5) is 0. The lowest BCUT2D eigenvalue weighted by Gasteiger charge is -2.62. The summed E-state index contributed by atoms with van der Waals surface area (Å²) in [6.45, 7) is 9.29. The van der Waals surface area contributed by atoms with Crippen LogP contribution >= 0.6 is 0 Å². The van der Waals surface area contributed by atoms with Crippen molar-refractivity contribution in [2.24, 2.45) is 23.2 Å². The molecule has 0 N–H and O–H groups in total. The maximum atomic E-state index is 5.88. The van der Waals surface area contributed by atoms with Crippen molar-refractivity contribution in [1.82, 2.24) is 0 Å². The number of aryl methyl sites for hydroxylation is 1. The van der Waals surface area contributed by atoms with Crippen molar-refractivity contribution < 1.29 is 9.47 Å². The highest BCUT2D eigenvalue weighted by atomic mass is 16.5. The Morgan fingerprint density at radius 3 is 2.58 bits per heavy atom. The fourth-order valence-corrected chi connectivity index (χ4v) is 7.23. The lowest BCUT2D eigenvalue weighted by atomic mass is 9.42. The van der Waals surface area contributed by atoms with E-state index in [9.17, 15) is 0 Å². The summed E-state index contributed by atoms with van der Waals surface area (Å²) in [6.07, 6.45) is 11.3. The van der Waals surface area contributed by atoms with Gasteiger partial charge in [-0.05, 0) is 78.7 Å². The Hall–Kier alpha value is -1.44. The van der Waals surface area contributed by atoms with Crippen molar-refractivity contribution in [1.29, 1.82) is 0 Å². The van der Waals surface area contributed by atoms with Crippen LogP contribution in [0.5, 0.6) is 11.5 Å². The SMILES string of the molecule is C=C[C@@H]1CCC[C@]2(C)[C@H]3CCc4cc(OC)cc(OC)c4[C@]3(C)CC[C@@H]12. The Bertz CT molecular complexity index is 691. The summed E-state index contributed by atoms with van der Waals surface area (Å²) in [5, 5.41) is 0. The lowest BCUT2D eigenvalue weighted by Crippen LogP contribution is -2.55. The van der Waals surface area contributed by atoms with Crippen LogP contribution in [0.15, 0.2) is 24.8 Å². The molecule has 2 heteroatoms. The third kappa shape index (κ3) is 2.37. The average molecular weight is 355 g/mol. The molecule has 0 aromatic heterocycles. The summed E-state index contributed by atoms with van der Waals surface area (Å²) in [5.41, 5.74) is 3.54. The van der Waals surface area contributed by atoms with Gasteiger partial charge in [0.05, 0.1) is 14.2 Å². The molecule has 4 rings (SSSR count). The van der Waals surface area contributed by atoms with E-state index in [1.165, 1.54) is 49.7 Å². The Morgan fingerprint density at radius 1 is 1.08 bits per heavy atom. The van der Waals surface area contributed by atoms with Gasteiger partial charge in [0.1, 0.15) is 11.5 Å². The van der Waals surface area contributed by atoms with Crippen molar-refractivity contribution in [3.05, 3.63) is 35.9 Å². The number of allylic oxidation sites excluding steroid dienone is 1. The highest BCUT2D eigenvalue weighted by Gasteiger charge is 2.58. The minimum atomic E-state index is 0.208. The van der Waals surface area contributed by atoms with E-state index in [4.69, 9.17) is 9.47 Å². The molecule has 1 aromatic rings. The molecule has 26 heavy (non-hydrogen) atoms. The van der Waals surface area contributed by atoms with Gasteiger partial charge in [-0.25, -0.2) is 0 Å². The van der Waals surface area contributed by atoms with Crippen molar-refractivity contribution in [3.63, 3.8) is 0 Å². The van der Waals surface area contributed by atoms with E-state index in [-0.39, 0.29) is 5.41 Å². The molecule has 3 aliphatic rings. The molecule has 0 unspecified atom stereocenters. The molecule has 0 spiro atoms. The summed E-state index contributed by atoms with van der Waals surface area (Å²) in [5.74, 6) is 4.19. The Kier molecular flexibility index (Phi) is 4.36. The first-order valence-corrected chi connectivity index (χ1v) is 10.4. The molecule has 5 atom stereocenters. The zero-order valence-electron chi connectivity index (χ0n) is 16.9. The zero-order valence-corrected chi connectivity index (χ0v) is 16.9. The van der Waals surface area contributed by atoms with Crippen molar-refractivity contribution >= 4 is 0 Å². The second-order valence-electron chi connectivity index (χ2n) is 9.32. The van der Waals surface area contributed by atoms with E-state index >= 15 is 0 Å². The Labute approximate surface area is 159 Å². The lowest BCUT2D eigenvalue weighted by molar-refractivity contribution is -0.0722. The van der Waals surface area contributed by atoms with Gasteiger partial charge in [-0.15, -0.1) is 6.58 Å². The largest absolute Gasteiger partial charge is 0.497 e. The Morgan fingerprint density at radius 2 is 1.88 bits per heavy atom. The van der Waals surface area contributed by atoms with Crippen LogP contribution in [0.1, 0.15) is 63.5 Å². The fraction of sp³-hybridized carbons (Fsp3) is 0.667. The van der Waals surface area contributed by atoms with Gasteiger partial charge < -0.3 is 9.47 Å². The first kappa shape index (κ1) is 17.9. The third-order valence-corrected chi connectivity index (χ3v) is 8.35. The molecule has 2 saturated carbocycles. The monoisotopic (exact) mass is 354 g/mol. The molecule has 2 fully saturated rings.